The Bertz CT molecular complexity index is 1570. The van der Waals surface area contributed by atoms with Crippen molar-refractivity contribution in [3.63, 3.8) is 0 Å². The molecule has 0 spiro atoms. The molecule has 2 heterocycles. The molecule has 40 heavy (non-hydrogen) atoms. The largest absolute Gasteiger partial charge is 0.395 e. The molecule has 2 amide bonds. The van der Waals surface area contributed by atoms with Crippen LogP contribution in [-0.4, -0.2) is 60.4 Å². The second-order valence-electron chi connectivity index (χ2n) is 8.76. The number of thiazole rings is 1. The average Bonchev–Trinajstić information content (AvgIpc) is 3.40. The van der Waals surface area contributed by atoms with E-state index < -0.39 is 39.9 Å². The van der Waals surface area contributed by atoms with E-state index in [1.807, 2.05) is 24.3 Å². The molecule has 2 aromatic carbocycles. The quantitative estimate of drug-likeness (QED) is 0.305. The fourth-order valence-corrected chi connectivity index (χ4v) is 6.10. The van der Waals surface area contributed by atoms with E-state index in [1.165, 1.54) is 30.5 Å². The molecular formula is C26H25ClFN5O5S2. The smallest absolute Gasteiger partial charge is 0.280 e. The maximum absolute atomic E-state index is 13.4. The molecular weight excluding hydrogens is 581 g/mol. The van der Waals surface area contributed by atoms with Crippen molar-refractivity contribution >= 4 is 50.6 Å². The monoisotopic (exact) mass is 605 g/mol. The summed E-state index contributed by atoms with van der Waals surface area (Å²) in [6.45, 7) is 0.122. The average molecular weight is 606 g/mol. The zero-order valence-corrected chi connectivity index (χ0v) is 23.5. The van der Waals surface area contributed by atoms with Gasteiger partial charge >= 0.3 is 0 Å². The summed E-state index contributed by atoms with van der Waals surface area (Å²) < 4.78 is 41.9. The third kappa shape index (κ3) is 7.22. The van der Waals surface area contributed by atoms with Crippen LogP contribution in [0.1, 0.15) is 23.3 Å². The minimum absolute atomic E-state index is 0.0103. The first kappa shape index (κ1) is 29.6. The van der Waals surface area contributed by atoms with Crippen molar-refractivity contribution in [3.05, 3.63) is 69.9 Å². The second-order valence-corrected chi connectivity index (χ2v) is 12.0. The van der Waals surface area contributed by atoms with Crippen LogP contribution in [0.4, 0.5) is 10.1 Å². The first-order chi connectivity index (χ1) is 19.1. The van der Waals surface area contributed by atoms with Crippen molar-refractivity contribution in [1.29, 1.82) is 0 Å². The van der Waals surface area contributed by atoms with Crippen LogP contribution in [0.15, 0.2) is 48.7 Å². The molecule has 1 saturated heterocycles. The van der Waals surface area contributed by atoms with Gasteiger partial charge in [-0.25, -0.2) is 9.37 Å². The van der Waals surface area contributed by atoms with Gasteiger partial charge in [0.25, 0.3) is 10.2 Å². The van der Waals surface area contributed by atoms with Crippen molar-refractivity contribution in [1.82, 2.24) is 19.3 Å². The number of aliphatic hydroxyl groups is 1. The summed E-state index contributed by atoms with van der Waals surface area (Å²) in [5.41, 5.74) is 1.87. The van der Waals surface area contributed by atoms with Gasteiger partial charge in [0, 0.05) is 41.4 Å². The minimum Gasteiger partial charge on any atom is -0.395 e. The topological polar surface area (TPSA) is 141 Å². The number of hydrogen-bond donors (Lipinski definition) is 4. The number of rotatable bonds is 7. The van der Waals surface area contributed by atoms with Crippen molar-refractivity contribution in [2.75, 3.05) is 19.0 Å². The molecule has 2 atom stereocenters. The highest BCUT2D eigenvalue weighted by Gasteiger charge is 2.42. The second kappa shape index (κ2) is 12.9. The fourth-order valence-electron chi connectivity index (χ4n) is 3.82. The summed E-state index contributed by atoms with van der Waals surface area (Å²) in [7, 11) is -2.91. The third-order valence-electron chi connectivity index (χ3n) is 5.97. The molecule has 14 heteroatoms. The maximum atomic E-state index is 13.4. The molecule has 3 aromatic rings. The fraction of sp³-hybridized carbons (Fsp3) is 0.269. The molecule has 4 N–H and O–H groups in total. The molecule has 4 rings (SSSR count). The van der Waals surface area contributed by atoms with Gasteiger partial charge < -0.3 is 15.7 Å². The Balaban J connectivity index is 1.38. The molecule has 0 radical (unpaired) electrons. The standard InChI is InChI=1S/C26H25ClFN5O5S2/c1-33-23(25(36)31-18-9-10-21(28)20(27)12-18)13-22(32-40(33,37)38)24(35)29-14-19-15-30-26(39-19)17-7-5-16(6-8-17)4-2-3-11-34/h5-10,12,15,22-23,32,34H,3,11,13-14H2,1H3,(H,29,35)(H,31,36). The number of carbonyl (C=O) groups excluding carboxylic acids is 2. The lowest BCUT2D eigenvalue weighted by atomic mass is 10.1. The SMILES string of the molecule is CN1C(C(=O)Nc2ccc(F)c(Cl)c2)CC(C(=O)NCc2cnc(-c3ccc(C#CCCO)cc3)s2)NS1(=O)=O. The van der Waals surface area contributed by atoms with Crippen molar-refractivity contribution in [2.45, 2.75) is 31.5 Å². The van der Waals surface area contributed by atoms with Gasteiger partial charge in [-0.1, -0.05) is 35.6 Å². The van der Waals surface area contributed by atoms with E-state index >= 15 is 0 Å². The molecule has 0 saturated carbocycles. The summed E-state index contributed by atoms with van der Waals surface area (Å²) >= 11 is 7.13. The lowest BCUT2D eigenvalue weighted by molar-refractivity contribution is -0.124. The van der Waals surface area contributed by atoms with Crippen LogP contribution in [0.5, 0.6) is 0 Å². The Labute approximate surface area is 239 Å². The Morgan fingerprint density at radius 3 is 2.70 bits per heavy atom. The van der Waals surface area contributed by atoms with Crippen LogP contribution >= 0.6 is 22.9 Å². The third-order valence-corrected chi connectivity index (χ3v) is 8.90. The zero-order chi connectivity index (χ0) is 28.9. The van der Waals surface area contributed by atoms with Crippen molar-refractivity contribution < 1.29 is 27.5 Å². The number of anilines is 1. The molecule has 210 valence electrons. The number of benzene rings is 2. The predicted molar refractivity (Wildman–Crippen MR) is 150 cm³/mol. The summed E-state index contributed by atoms with van der Waals surface area (Å²) in [4.78, 5) is 30.9. The molecule has 0 aliphatic carbocycles. The number of hydrogen-bond acceptors (Lipinski definition) is 7. The van der Waals surface area contributed by atoms with Gasteiger partial charge in [0.1, 0.15) is 22.9 Å². The van der Waals surface area contributed by atoms with E-state index in [0.29, 0.717) is 6.42 Å². The highest BCUT2D eigenvalue weighted by Crippen LogP contribution is 2.26. The summed E-state index contributed by atoms with van der Waals surface area (Å²) in [6.07, 6.45) is 1.89. The van der Waals surface area contributed by atoms with E-state index in [0.717, 1.165) is 31.4 Å². The summed E-state index contributed by atoms with van der Waals surface area (Å²) in [5.74, 6) is 3.87. The van der Waals surface area contributed by atoms with Gasteiger partial charge in [-0.05, 0) is 36.8 Å². The highest BCUT2D eigenvalue weighted by atomic mass is 35.5. The number of nitrogens with zero attached hydrogens (tertiary/aromatic N) is 2. The van der Waals surface area contributed by atoms with Crippen LogP contribution in [0.3, 0.4) is 0 Å². The highest BCUT2D eigenvalue weighted by molar-refractivity contribution is 7.87. The first-order valence-electron chi connectivity index (χ1n) is 12.0. The summed E-state index contributed by atoms with van der Waals surface area (Å²) in [5, 5.41) is 14.6. The lowest BCUT2D eigenvalue weighted by Crippen LogP contribution is -2.62. The Morgan fingerprint density at radius 1 is 1.25 bits per heavy atom. The van der Waals surface area contributed by atoms with Gasteiger partial charge in [0.15, 0.2) is 0 Å². The van der Waals surface area contributed by atoms with Gasteiger partial charge in [-0.2, -0.15) is 17.4 Å². The van der Waals surface area contributed by atoms with E-state index in [1.54, 1.807) is 6.20 Å². The van der Waals surface area contributed by atoms with Gasteiger partial charge in [0.05, 0.1) is 18.2 Å². The number of carbonyl (C=O) groups is 2. The predicted octanol–water partition coefficient (Wildman–Crippen LogP) is 2.50. The van der Waals surface area contributed by atoms with Gasteiger partial charge in [-0.3, -0.25) is 9.59 Å². The van der Waals surface area contributed by atoms with E-state index in [4.69, 9.17) is 16.7 Å². The van der Waals surface area contributed by atoms with Gasteiger partial charge in [-0.15, -0.1) is 11.3 Å². The Morgan fingerprint density at radius 2 is 2.00 bits per heavy atom. The molecule has 1 aliphatic rings. The minimum atomic E-state index is -4.14. The number of aliphatic hydroxyl groups excluding tert-OH is 1. The molecule has 1 aliphatic heterocycles. The van der Waals surface area contributed by atoms with Gasteiger partial charge in [0.2, 0.25) is 11.8 Å². The van der Waals surface area contributed by atoms with Crippen LogP contribution < -0.4 is 15.4 Å². The molecule has 0 bridgehead atoms. The normalized spacial score (nSPS) is 18.4. The zero-order valence-electron chi connectivity index (χ0n) is 21.1. The number of halogens is 2. The molecule has 2 unspecified atom stereocenters. The molecule has 10 nitrogen and oxygen atoms in total. The first-order valence-corrected chi connectivity index (χ1v) is 14.6. The van der Waals surface area contributed by atoms with Crippen LogP contribution in [0.25, 0.3) is 10.6 Å². The molecule has 1 aromatic heterocycles. The Hall–Kier alpha value is -3.38. The molecule has 1 fully saturated rings. The van der Waals surface area contributed by atoms with Crippen molar-refractivity contribution in [2.24, 2.45) is 0 Å². The lowest BCUT2D eigenvalue weighted by Gasteiger charge is -2.35. The van der Waals surface area contributed by atoms with E-state index in [9.17, 15) is 22.4 Å². The Kier molecular flexibility index (Phi) is 9.52. The van der Waals surface area contributed by atoms with E-state index in [2.05, 4.69) is 32.2 Å². The van der Waals surface area contributed by atoms with Crippen molar-refractivity contribution in [3.8, 4) is 22.4 Å². The van der Waals surface area contributed by atoms with E-state index in [-0.39, 0.29) is 30.3 Å². The number of amides is 2. The van der Waals surface area contributed by atoms with Crippen LogP contribution in [0.2, 0.25) is 5.02 Å². The number of likely N-dealkylation sites (N-methyl/N-ethyl adjacent to an activating group) is 1. The van der Waals surface area contributed by atoms with Crippen LogP contribution in [-0.2, 0) is 26.3 Å². The number of aromatic nitrogens is 1. The number of nitrogens with one attached hydrogen (secondary N) is 3. The summed E-state index contributed by atoms with van der Waals surface area (Å²) in [6, 6.07) is 8.65. The van der Waals surface area contributed by atoms with Crippen LogP contribution in [0, 0.1) is 17.7 Å². The maximum Gasteiger partial charge on any atom is 0.280 e.